The largest absolute Gasteiger partial charge is 0.480 e. The lowest BCUT2D eigenvalue weighted by molar-refractivity contribution is 0.101. The molecule has 122 valence electrons. The van der Waals surface area contributed by atoms with E-state index in [1.165, 1.54) is 11.8 Å². The fourth-order valence-electron chi connectivity index (χ4n) is 2.41. The van der Waals surface area contributed by atoms with Gasteiger partial charge in [0.05, 0.1) is 19.4 Å². The third-order valence-corrected chi connectivity index (χ3v) is 3.54. The van der Waals surface area contributed by atoms with E-state index in [2.05, 4.69) is 25.1 Å². The maximum absolute atomic E-state index is 9.76. The number of anilines is 1. The van der Waals surface area contributed by atoms with E-state index in [1.54, 1.807) is 11.8 Å². The summed E-state index contributed by atoms with van der Waals surface area (Å²) in [5.41, 5.74) is 4.31. The van der Waals surface area contributed by atoms with E-state index >= 15 is 0 Å². The van der Waals surface area contributed by atoms with Crippen molar-refractivity contribution in [1.82, 2.24) is 0 Å². The molecule has 0 unspecified atom stereocenters. The van der Waals surface area contributed by atoms with Gasteiger partial charge >= 0.3 is 0 Å². The number of hydrogen-bond acceptors (Lipinski definition) is 4. The van der Waals surface area contributed by atoms with Crippen LogP contribution < -0.4 is 4.90 Å². The zero-order chi connectivity index (χ0) is 16.7. The molecule has 0 radical (unpaired) electrons. The van der Waals surface area contributed by atoms with Crippen molar-refractivity contribution in [3.63, 3.8) is 0 Å². The van der Waals surface area contributed by atoms with Crippen molar-refractivity contribution < 1.29 is 14.9 Å². The predicted molar refractivity (Wildman–Crippen MR) is 93.4 cm³/mol. The zero-order valence-electron chi connectivity index (χ0n) is 13.6. The average molecular weight is 313 g/mol. The Bertz CT molecular complexity index is 653. The van der Waals surface area contributed by atoms with E-state index in [0.717, 1.165) is 16.8 Å². The minimum Gasteiger partial charge on any atom is -0.480 e. The van der Waals surface area contributed by atoms with Gasteiger partial charge in [0, 0.05) is 12.2 Å². The first kappa shape index (κ1) is 16.9. The van der Waals surface area contributed by atoms with Crippen molar-refractivity contribution in [1.29, 1.82) is 0 Å². The summed E-state index contributed by atoms with van der Waals surface area (Å²) >= 11 is 0. The van der Waals surface area contributed by atoms with Crippen LogP contribution in [0.5, 0.6) is 0 Å². The Morgan fingerprint density at radius 3 is 2.57 bits per heavy atom. The van der Waals surface area contributed by atoms with E-state index in [0.29, 0.717) is 13.2 Å². The van der Waals surface area contributed by atoms with Crippen LogP contribution in [0.2, 0.25) is 0 Å². The van der Waals surface area contributed by atoms with Crippen molar-refractivity contribution in [2.45, 2.75) is 13.8 Å². The molecular weight excluding hydrogens is 290 g/mol. The fraction of sp³-hybridized carbons (Fsp3) is 0.263. The van der Waals surface area contributed by atoms with E-state index < -0.39 is 0 Å². The van der Waals surface area contributed by atoms with Crippen LogP contribution in [0, 0.1) is 6.92 Å². The Morgan fingerprint density at radius 1 is 1.17 bits per heavy atom. The van der Waals surface area contributed by atoms with Gasteiger partial charge in [0.2, 0.25) is 0 Å². The van der Waals surface area contributed by atoms with Crippen molar-refractivity contribution in [2.24, 2.45) is 0 Å². The van der Waals surface area contributed by atoms with Crippen molar-refractivity contribution in [2.75, 3.05) is 24.7 Å². The average Bonchev–Trinajstić information content (AvgIpc) is 2.56. The van der Waals surface area contributed by atoms with Gasteiger partial charge in [0.1, 0.15) is 0 Å². The summed E-state index contributed by atoms with van der Waals surface area (Å²) in [5, 5.41) is 19.1. The van der Waals surface area contributed by atoms with Crippen LogP contribution in [-0.2, 0) is 4.74 Å². The topological polar surface area (TPSA) is 52.9 Å². The van der Waals surface area contributed by atoms with E-state index in [-0.39, 0.29) is 12.6 Å². The maximum atomic E-state index is 9.76. The van der Waals surface area contributed by atoms with Gasteiger partial charge in [0.15, 0.2) is 0 Å². The number of nitrogens with zero attached hydrogens (tertiary/aromatic N) is 1. The Balaban J connectivity index is 2.39. The Morgan fingerprint density at radius 2 is 1.91 bits per heavy atom. The van der Waals surface area contributed by atoms with Gasteiger partial charge in [-0.05, 0) is 42.7 Å². The highest BCUT2D eigenvalue weighted by atomic mass is 16.6. The quantitative estimate of drug-likeness (QED) is 0.762. The molecule has 0 aliphatic carbocycles. The van der Waals surface area contributed by atoms with Gasteiger partial charge < -0.3 is 19.8 Å². The summed E-state index contributed by atoms with van der Waals surface area (Å²) in [6.45, 7) is 4.60. The highest BCUT2D eigenvalue weighted by Gasteiger charge is 2.09. The van der Waals surface area contributed by atoms with Crippen LogP contribution in [0.15, 0.2) is 60.7 Å². The predicted octanol–water partition coefficient (Wildman–Crippen LogP) is 3.85. The number of aryl methyl sites for hydroxylation is 1. The van der Waals surface area contributed by atoms with Crippen molar-refractivity contribution in [3.05, 3.63) is 66.2 Å². The number of aliphatic hydroxyl groups is 2. The van der Waals surface area contributed by atoms with Crippen LogP contribution in [0.3, 0.4) is 0 Å². The second kappa shape index (κ2) is 8.25. The summed E-state index contributed by atoms with van der Waals surface area (Å²) in [4.78, 5) is 1.77. The Labute approximate surface area is 137 Å². The van der Waals surface area contributed by atoms with Crippen LogP contribution >= 0.6 is 0 Å². The van der Waals surface area contributed by atoms with E-state index in [1.807, 2.05) is 30.3 Å². The molecule has 23 heavy (non-hydrogen) atoms. The summed E-state index contributed by atoms with van der Waals surface area (Å²) in [6, 6.07) is 16.2. The lowest BCUT2D eigenvalue weighted by Crippen LogP contribution is -2.21. The van der Waals surface area contributed by atoms with Gasteiger partial charge in [-0.15, -0.1) is 0 Å². The fourth-order valence-corrected chi connectivity index (χ4v) is 2.41. The van der Waals surface area contributed by atoms with Crippen LogP contribution in [0.25, 0.3) is 11.1 Å². The van der Waals surface area contributed by atoms with Crippen LogP contribution in [0.1, 0.15) is 12.5 Å². The van der Waals surface area contributed by atoms with E-state index in [9.17, 15) is 10.2 Å². The third kappa shape index (κ3) is 4.50. The van der Waals surface area contributed by atoms with E-state index in [4.69, 9.17) is 4.74 Å². The molecule has 2 aromatic rings. The molecule has 0 heterocycles. The highest BCUT2D eigenvalue weighted by Crippen LogP contribution is 2.28. The summed E-state index contributed by atoms with van der Waals surface area (Å²) in [5.74, 6) is -0.164. The summed E-state index contributed by atoms with van der Waals surface area (Å²) in [7, 11) is 0. The molecule has 0 atom stereocenters. The lowest BCUT2D eigenvalue weighted by Gasteiger charge is -2.21. The number of aliphatic hydroxyl groups excluding tert-OH is 2. The standard InChI is InChI=1S/C19H23NO3/c1-3-23-19(22)14-20(11-12-21)17-10-9-15(2)18(13-17)16-7-5-4-6-8-16/h4-10,13-14,21-22H,3,11-12H2,1-2H3/b19-14-. The number of ether oxygens (including phenoxy) is 1. The number of benzene rings is 2. The molecule has 4 nitrogen and oxygen atoms in total. The SMILES string of the molecule is CCO/C(O)=C\N(CCO)c1ccc(C)c(-c2ccccc2)c1. The second-order valence-corrected chi connectivity index (χ2v) is 5.18. The Hall–Kier alpha value is -2.46. The molecule has 0 spiro atoms. The van der Waals surface area contributed by atoms with Crippen LogP contribution in [-0.4, -0.2) is 30.0 Å². The van der Waals surface area contributed by atoms with Crippen LogP contribution in [0.4, 0.5) is 5.69 Å². The zero-order valence-corrected chi connectivity index (χ0v) is 13.6. The molecule has 0 aliphatic rings. The smallest absolute Gasteiger partial charge is 0.293 e. The lowest BCUT2D eigenvalue weighted by atomic mass is 10.00. The number of rotatable bonds is 7. The molecular formula is C19H23NO3. The molecule has 0 saturated heterocycles. The molecule has 0 bridgehead atoms. The Kier molecular flexibility index (Phi) is 6.06. The van der Waals surface area contributed by atoms with Gasteiger partial charge in [-0.25, -0.2) is 0 Å². The second-order valence-electron chi connectivity index (χ2n) is 5.18. The minimum absolute atomic E-state index is 0.0234. The van der Waals surface area contributed by atoms with Crippen molar-refractivity contribution >= 4 is 5.69 Å². The number of hydrogen-bond donors (Lipinski definition) is 2. The third-order valence-electron chi connectivity index (χ3n) is 3.54. The molecule has 0 aliphatic heterocycles. The highest BCUT2D eigenvalue weighted by molar-refractivity contribution is 5.72. The molecule has 4 heteroatoms. The molecule has 0 aromatic heterocycles. The first-order valence-corrected chi connectivity index (χ1v) is 7.73. The molecule has 0 saturated carbocycles. The first-order chi connectivity index (χ1) is 11.2. The summed E-state index contributed by atoms with van der Waals surface area (Å²) in [6.07, 6.45) is 1.50. The van der Waals surface area contributed by atoms with Gasteiger partial charge in [0.25, 0.3) is 5.95 Å². The van der Waals surface area contributed by atoms with Gasteiger partial charge in [-0.2, -0.15) is 0 Å². The van der Waals surface area contributed by atoms with Gasteiger partial charge in [-0.3, -0.25) is 0 Å². The first-order valence-electron chi connectivity index (χ1n) is 7.73. The molecule has 0 amide bonds. The molecule has 2 rings (SSSR count). The maximum Gasteiger partial charge on any atom is 0.293 e. The minimum atomic E-state index is -0.164. The monoisotopic (exact) mass is 313 g/mol. The molecule has 2 aromatic carbocycles. The van der Waals surface area contributed by atoms with Gasteiger partial charge in [-0.1, -0.05) is 36.4 Å². The molecule has 2 N–H and O–H groups in total. The molecule has 0 fully saturated rings. The van der Waals surface area contributed by atoms with Crippen molar-refractivity contribution in [3.8, 4) is 11.1 Å². The normalized spacial score (nSPS) is 11.3. The summed E-state index contributed by atoms with van der Waals surface area (Å²) < 4.78 is 5.07.